The van der Waals surface area contributed by atoms with Crippen LogP contribution in [0.4, 0.5) is 0 Å². The van der Waals surface area contributed by atoms with Gasteiger partial charge in [-0.15, -0.1) is 0 Å². The molecule has 8 heteroatoms. The van der Waals surface area contributed by atoms with E-state index in [2.05, 4.69) is 10.0 Å². The van der Waals surface area contributed by atoms with Crippen molar-refractivity contribution in [1.82, 2.24) is 0 Å². The van der Waals surface area contributed by atoms with Gasteiger partial charge in [-0.2, -0.15) is 0 Å². The van der Waals surface area contributed by atoms with Crippen molar-refractivity contribution in [3.8, 4) is 0 Å². The second-order valence-corrected chi connectivity index (χ2v) is 6.03. The molecule has 0 aromatic carbocycles. The fourth-order valence-corrected chi connectivity index (χ4v) is 2.29. The maximum absolute atomic E-state index is 11.3. The fraction of sp³-hybridized carbons (Fsp3) is 0.846. The molecule has 1 rings (SSSR count). The van der Waals surface area contributed by atoms with Gasteiger partial charge in [0.25, 0.3) is 0 Å². The Labute approximate surface area is 123 Å². The summed E-state index contributed by atoms with van der Waals surface area (Å²) in [6.45, 7) is 8.29. The van der Waals surface area contributed by atoms with Gasteiger partial charge in [0, 0.05) is 18.8 Å². The van der Waals surface area contributed by atoms with E-state index in [0.717, 1.165) is 0 Å². The highest BCUT2D eigenvalue weighted by atomic mass is 16.6. The molecule has 4 atom stereocenters. The Morgan fingerprint density at radius 3 is 2.33 bits per heavy atom. The second-order valence-electron chi connectivity index (χ2n) is 6.03. The van der Waals surface area contributed by atoms with E-state index < -0.39 is 36.3 Å². The molecule has 1 aliphatic heterocycles. The largest absolute Gasteiger partial charge is 0.463 e. The van der Waals surface area contributed by atoms with Crippen LogP contribution in [0.2, 0.25) is 0 Å². The van der Waals surface area contributed by atoms with Crippen molar-refractivity contribution in [3.05, 3.63) is 10.4 Å². The van der Waals surface area contributed by atoms with E-state index in [9.17, 15) is 9.59 Å². The maximum Gasteiger partial charge on any atom is 0.303 e. The summed E-state index contributed by atoms with van der Waals surface area (Å²) in [7, 11) is 0. The highest BCUT2D eigenvalue weighted by Crippen LogP contribution is 2.37. The predicted molar refractivity (Wildman–Crippen MR) is 73.2 cm³/mol. The first-order valence-corrected chi connectivity index (χ1v) is 6.67. The summed E-state index contributed by atoms with van der Waals surface area (Å²) in [5.41, 5.74) is 8.38. The van der Waals surface area contributed by atoms with Crippen LogP contribution in [0.3, 0.4) is 0 Å². The monoisotopic (exact) mass is 299 g/mol. The standard InChI is InChI=1S/C13H21N3O5/c1-7(17)19-6-9-10(15-16-14)11(20-8(2)18)12(21-9)13(3,4)5/h9-12H,6H2,1-5H3/t9-,10-,11-,12-/m1/s1. The van der Waals surface area contributed by atoms with Gasteiger partial charge < -0.3 is 14.2 Å². The average molecular weight is 299 g/mol. The summed E-state index contributed by atoms with van der Waals surface area (Å²) in [5, 5.41) is 3.67. The van der Waals surface area contributed by atoms with Crippen LogP contribution in [-0.2, 0) is 23.8 Å². The molecule has 0 radical (unpaired) electrons. The fourth-order valence-electron chi connectivity index (χ4n) is 2.29. The molecule has 0 aliphatic carbocycles. The van der Waals surface area contributed by atoms with Crippen molar-refractivity contribution >= 4 is 11.9 Å². The highest BCUT2D eigenvalue weighted by Gasteiger charge is 2.51. The topological polar surface area (TPSA) is 111 Å². The number of esters is 2. The molecule has 1 aliphatic rings. The van der Waals surface area contributed by atoms with Crippen LogP contribution in [0, 0.1) is 5.41 Å². The Morgan fingerprint density at radius 2 is 1.90 bits per heavy atom. The molecule has 0 unspecified atom stereocenters. The van der Waals surface area contributed by atoms with Gasteiger partial charge in [0.2, 0.25) is 0 Å². The highest BCUT2D eigenvalue weighted by molar-refractivity contribution is 5.66. The van der Waals surface area contributed by atoms with E-state index in [-0.39, 0.29) is 12.0 Å². The number of hydrogen-bond acceptors (Lipinski definition) is 6. The molecule has 0 amide bonds. The minimum absolute atomic E-state index is 0.0522. The van der Waals surface area contributed by atoms with Crippen molar-refractivity contribution in [1.29, 1.82) is 0 Å². The molecule has 118 valence electrons. The molecule has 1 heterocycles. The predicted octanol–water partition coefficient (Wildman–Crippen LogP) is 1.97. The third-order valence-corrected chi connectivity index (χ3v) is 3.13. The summed E-state index contributed by atoms with van der Waals surface area (Å²) in [5.74, 6) is -0.939. The molecule has 0 bridgehead atoms. The van der Waals surface area contributed by atoms with E-state index >= 15 is 0 Å². The lowest BCUT2D eigenvalue weighted by molar-refractivity contribution is -0.153. The van der Waals surface area contributed by atoms with Crippen LogP contribution in [0.1, 0.15) is 34.6 Å². The number of ether oxygens (including phenoxy) is 3. The third kappa shape index (κ3) is 4.61. The molecule has 0 spiro atoms. The molecule has 0 aromatic heterocycles. The van der Waals surface area contributed by atoms with Gasteiger partial charge in [-0.25, -0.2) is 0 Å². The van der Waals surface area contributed by atoms with Crippen LogP contribution in [0.15, 0.2) is 5.11 Å². The normalized spacial score (nSPS) is 28.6. The lowest BCUT2D eigenvalue weighted by atomic mass is 9.84. The van der Waals surface area contributed by atoms with Crippen molar-refractivity contribution < 1.29 is 23.8 Å². The van der Waals surface area contributed by atoms with Crippen LogP contribution in [0.25, 0.3) is 10.4 Å². The number of azide groups is 1. The number of carbonyl (C=O) groups is 2. The van der Waals surface area contributed by atoms with Crippen molar-refractivity contribution in [3.63, 3.8) is 0 Å². The van der Waals surface area contributed by atoms with Gasteiger partial charge in [0.05, 0.1) is 0 Å². The lowest BCUT2D eigenvalue weighted by Crippen LogP contribution is -2.41. The quantitative estimate of drug-likeness (QED) is 0.341. The molecule has 21 heavy (non-hydrogen) atoms. The van der Waals surface area contributed by atoms with Crippen LogP contribution >= 0.6 is 0 Å². The smallest absolute Gasteiger partial charge is 0.303 e. The number of nitrogens with zero attached hydrogens (tertiary/aromatic N) is 3. The molecule has 0 aromatic rings. The lowest BCUT2D eigenvalue weighted by Gasteiger charge is -2.31. The van der Waals surface area contributed by atoms with E-state index in [0.29, 0.717) is 0 Å². The summed E-state index contributed by atoms with van der Waals surface area (Å²) in [4.78, 5) is 25.0. The Balaban J connectivity index is 3.03. The van der Waals surface area contributed by atoms with E-state index in [1.165, 1.54) is 13.8 Å². The first kappa shape index (κ1) is 17.3. The van der Waals surface area contributed by atoms with E-state index in [1.807, 2.05) is 20.8 Å². The van der Waals surface area contributed by atoms with Gasteiger partial charge in [-0.1, -0.05) is 25.9 Å². The van der Waals surface area contributed by atoms with Gasteiger partial charge in [-0.05, 0) is 10.9 Å². The summed E-state index contributed by atoms with van der Waals surface area (Å²) in [6.07, 6.45) is -1.81. The Hall–Kier alpha value is -1.79. The zero-order valence-corrected chi connectivity index (χ0v) is 12.9. The Bertz CT molecular complexity index is 453. The van der Waals surface area contributed by atoms with E-state index in [4.69, 9.17) is 19.7 Å². The zero-order valence-electron chi connectivity index (χ0n) is 12.9. The Morgan fingerprint density at radius 1 is 1.29 bits per heavy atom. The summed E-state index contributed by atoms with van der Waals surface area (Å²) >= 11 is 0. The van der Waals surface area contributed by atoms with Crippen LogP contribution in [0.5, 0.6) is 0 Å². The maximum atomic E-state index is 11.3. The molecular weight excluding hydrogens is 278 g/mol. The van der Waals surface area contributed by atoms with Gasteiger partial charge in [-0.3, -0.25) is 9.59 Å². The number of carbonyl (C=O) groups excluding carboxylic acids is 2. The third-order valence-electron chi connectivity index (χ3n) is 3.13. The number of rotatable bonds is 4. The average Bonchev–Trinajstić information content (AvgIpc) is 2.65. The minimum atomic E-state index is -0.734. The van der Waals surface area contributed by atoms with E-state index in [1.54, 1.807) is 0 Å². The summed E-state index contributed by atoms with van der Waals surface area (Å²) in [6, 6.07) is -0.734. The second kappa shape index (κ2) is 6.78. The SMILES string of the molecule is CC(=O)OC[C@H]1O[C@@H](C(C)(C)C)[C@H](OC(C)=O)[C@@H]1N=[N+]=[N-]. The first-order valence-electron chi connectivity index (χ1n) is 6.67. The minimum Gasteiger partial charge on any atom is -0.463 e. The Kier molecular flexibility index (Phi) is 5.57. The van der Waals surface area contributed by atoms with Crippen LogP contribution in [-0.4, -0.2) is 42.9 Å². The molecule has 0 saturated carbocycles. The van der Waals surface area contributed by atoms with Gasteiger partial charge in [0.1, 0.15) is 31.0 Å². The summed E-state index contributed by atoms with van der Waals surface area (Å²) < 4.78 is 16.0. The molecule has 0 N–H and O–H groups in total. The molecular formula is C13H21N3O5. The number of hydrogen-bond donors (Lipinski definition) is 0. The van der Waals surface area contributed by atoms with Gasteiger partial charge in [0.15, 0.2) is 0 Å². The molecule has 1 fully saturated rings. The van der Waals surface area contributed by atoms with Crippen molar-refractivity contribution in [2.24, 2.45) is 10.5 Å². The molecule has 8 nitrogen and oxygen atoms in total. The first-order chi connectivity index (χ1) is 9.66. The molecule has 1 saturated heterocycles. The van der Waals surface area contributed by atoms with Gasteiger partial charge >= 0.3 is 11.9 Å². The zero-order chi connectivity index (χ0) is 16.2. The van der Waals surface area contributed by atoms with Crippen LogP contribution < -0.4 is 0 Å². The van der Waals surface area contributed by atoms with Crippen molar-refractivity contribution in [2.45, 2.75) is 59.0 Å². The van der Waals surface area contributed by atoms with Crippen molar-refractivity contribution in [2.75, 3.05) is 6.61 Å².